The number of nitrogens with two attached hydrogens (primary N) is 1. The molecule has 1 unspecified atom stereocenters. The second-order valence-corrected chi connectivity index (χ2v) is 9.34. The molecule has 2 heterocycles. The molecule has 9 heteroatoms. The summed E-state index contributed by atoms with van der Waals surface area (Å²) in [4.78, 5) is 13.0. The van der Waals surface area contributed by atoms with E-state index in [0.717, 1.165) is 17.7 Å². The fourth-order valence-electron chi connectivity index (χ4n) is 2.86. The molecule has 25 heavy (non-hydrogen) atoms. The van der Waals surface area contributed by atoms with Crippen LogP contribution in [-0.4, -0.2) is 51.0 Å². The first-order valence-corrected chi connectivity index (χ1v) is 10.9. The van der Waals surface area contributed by atoms with Crippen LogP contribution in [0.3, 0.4) is 0 Å². The maximum Gasteiger partial charge on any atom is 0.252 e. The largest absolute Gasteiger partial charge is 0.381 e. The first-order chi connectivity index (χ1) is 11.9. The molecule has 0 aliphatic carbocycles. The number of ether oxygens (including phenoxy) is 1. The topological polar surface area (TPSA) is 102 Å². The number of nitrogens with one attached hydrogen (secondary N) is 1. The molecule has 1 aromatic heterocycles. The summed E-state index contributed by atoms with van der Waals surface area (Å²) in [6.07, 6.45) is 1.58. The maximum atomic E-state index is 12.5. The lowest BCUT2D eigenvalue weighted by molar-refractivity contribution is -0.124. The van der Waals surface area contributed by atoms with Crippen molar-refractivity contribution in [1.29, 1.82) is 0 Å². The van der Waals surface area contributed by atoms with Crippen LogP contribution in [-0.2, 0) is 26.1 Å². The highest BCUT2D eigenvalue weighted by atomic mass is 32.2. The Morgan fingerprint density at radius 3 is 2.60 bits per heavy atom. The monoisotopic (exact) mass is 389 g/mol. The molecule has 1 aliphatic heterocycles. The number of carbonyl (C=O) groups excluding carboxylic acids is 1. The van der Waals surface area contributed by atoms with Crippen LogP contribution in [0.5, 0.6) is 0 Å². The molecule has 3 N–H and O–H groups in total. The normalized spacial score (nSPS) is 17.6. The van der Waals surface area contributed by atoms with Crippen LogP contribution in [0.2, 0.25) is 0 Å². The van der Waals surface area contributed by atoms with Gasteiger partial charge in [0.15, 0.2) is 0 Å². The summed E-state index contributed by atoms with van der Waals surface area (Å²) >= 11 is 1.18. The van der Waals surface area contributed by atoms with Gasteiger partial charge in [0.25, 0.3) is 10.0 Å². The maximum absolute atomic E-state index is 12.5. The van der Waals surface area contributed by atoms with Crippen molar-refractivity contribution in [3.05, 3.63) is 17.0 Å². The predicted octanol–water partition coefficient (Wildman–Crippen LogP) is 1.15. The first-order valence-electron chi connectivity index (χ1n) is 8.60. The zero-order valence-electron chi connectivity index (χ0n) is 14.7. The Labute approximate surface area is 153 Å². The molecular formula is C16H27N3O4S2. The van der Waals surface area contributed by atoms with E-state index >= 15 is 0 Å². The molecule has 0 spiro atoms. The number of sulfonamides is 1. The van der Waals surface area contributed by atoms with Crippen molar-refractivity contribution in [3.63, 3.8) is 0 Å². The fraction of sp³-hybridized carbons (Fsp3) is 0.688. The van der Waals surface area contributed by atoms with Crippen LogP contribution in [0, 0.1) is 5.92 Å². The number of hydrogen-bond donors (Lipinski definition) is 2. The molecule has 0 aromatic carbocycles. The third-order valence-corrected chi connectivity index (χ3v) is 8.05. The number of thiophene rings is 1. The van der Waals surface area contributed by atoms with Crippen molar-refractivity contribution >= 4 is 27.3 Å². The average Bonchev–Trinajstić information content (AvgIpc) is 3.10. The van der Waals surface area contributed by atoms with E-state index in [2.05, 4.69) is 5.32 Å². The summed E-state index contributed by atoms with van der Waals surface area (Å²) in [5.41, 5.74) is 6.04. The van der Waals surface area contributed by atoms with Gasteiger partial charge in [-0.25, -0.2) is 8.42 Å². The summed E-state index contributed by atoms with van der Waals surface area (Å²) in [6, 6.07) is 2.78. The fourth-order valence-corrected chi connectivity index (χ4v) is 5.77. The summed E-state index contributed by atoms with van der Waals surface area (Å²) in [7, 11) is -3.45. The van der Waals surface area contributed by atoms with E-state index < -0.39 is 16.1 Å². The van der Waals surface area contributed by atoms with Crippen molar-refractivity contribution in [2.24, 2.45) is 11.7 Å². The van der Waals surface area contributed by atoms with Crippen LogP contribution in [0.1, 0.15) is 31.6 Å². The number of rotatable bonds is 8. The zero-order chi connectivity index (χ0) is 18.4. The van der Waals surface area contributed by atoms with E-state index in [1.807, 2.05) is 13.8 Å². The Morgan fingerprint density at radius 1 is 1.36 bits per heavy atom. The highest BCUT2D eigenvalue weighted by molar-refractivity contribution is 7.91. The molecule has 0 radical (unpaired) electrons. The number of amides is 1. The van der Waals surface area contributed by atoms with Gasteiger partial charge in [-0.1, -0.05) is 13.8 Å². The molecular weight excluding hydrogens is 362 g/mol. The SMILES string of the molecule is CCN(CC)S(=O)(=O)c1ccc(CNC(=O)C(N)C2CCOCC2)s1. The average molecular weight is 390 g/mol. The van der Waals surface area contributed by atoms with Crippen molar-refractivity contribution in [3.8, 4) is 0 Å². The van der Waals surface area contributed by atoms with Gasteiger partial charge in [0.2, 0.25) is 5.91 Å². The van der Waals surface area contributed by atoms with Gasteiger partial charge in [-0.15, -0.1) is 11.3 Å². The predicted molar refractivity (Wildman–Crippen MR) is 97.8 cm³/mol. The standard InChI is InChI=1S/C16H27N3O4S2/c1-3-19(4-2)25(21,22)14-6-5-13(24-14)11-18-16(20)15(17)12-7-9-23-10-8-12/h5-6,12,15H,3-4,7-11,17H2,1-2H3,(H,18,20). The smallest absolute Gasteiger partial charge is 0.252 e. The highest BCUT2D eigenvalue weighted by Gasteiger charge is 2.27. The minimum absolute atomic E-state index is 0.135. The van der Waals surface area contributed by atoms with E-state index in [1.54, 1.807) is 12.1 Å². The van der Waals surface area contributed by atoms with E-state index in [0.29, 0.717) is 30.5 Å². The highest BCUT2D eigenvalue weighted by Crippen LogP contribution is 2.25. The van der Waals surface area contributed by atoms with Crippen molar-refractivity contribution in [1.82, 2.24) is 9.62 Å². The van der Waals surface area contributed by atoms with E-state index in [1.165, 1.54) is 15.6 Å². The lowest BCUT2D eigenvalue weighted by atomic mass is 9.92. The van der Waals surface area contributed by atoms with Crippen molar-refractivity contribution in [2.75, 3.05) is 26.3 Å². The Kier molecular flexibility index (Phi) is 7.38. The summed E-state index contributed by atoms with van der Waals surface area (Å²) in [5.74, 6) is -0.0656. The molecule has 7 nitrogen and oxygen atoms in total. The minimum Gasteiger partial charge on any atom is -0.381 e. The van der Waals surface area contributed by atoms with Gasteiger partial charge in [-0.3, -0.25) is 4.79 Å². The van der Waals surface area contributed by atoms with Crippen molar-refractivity contribution < 1.29 is 17.9 Å². The molecule has 1 saturated heterocycles. The quantitative estimate of drug-likeness (QED) is 0.694. The van der Waals surface area contributed by atoms with Crippen LogP contribution in [0.15, 0.2) is 16.3 Å². The molecule has 1 amide bonds. The summed E-state index contributed by atoms with van der Waals surface area (Å²) in [6.45, 7) is 6.06. The molecule has 1 atom stereocenters. The molecule has 1 aliphatic rings. The van der Waals surface area contributed by atoms with E-state index in [9.17, 15) is 13.2 Å². The first kappa shape index (κ1) is 20.3. The van der Waals surface area contributed by atoms with Gasteiger partial charge in [0, 0.05) is 31.2 Å². The number of hydrogen-bond acceptors (Lipinski definition) is 6. The Morgan fingerprint density at radius 2 is 2.00 bits per heavy atom. The van der Waals surface area contributed by atoms with Crippen LogP contribution < -0.4 is 11.1 Å². The van der Waals surface area contributed by atoms with E-state index in [-0.39, 0.29) is 18.4 Å². The Balaban J connectivity index is 1.93. The molecule has 0 saturated carbocycles. The van der Waals surface area contributed by atoms with Gasteiger partial charge < -0.3 is 15.8 Å². The lowest BCUT2D eigenvalue weighted by Crippen LogP contribution is -2.46. The molecule has 0 bridgehead atoms. The summed E-state index contributed by atoms with van der Waals surface area (Å²) < 4.78 is 32.0. The second kappa shape index (κ2) is 9.09. The van der Waals surface area contributed by atoms with Gasteiger partial charge >= 0.3 is 0 Å². The van der Waals surface area contributed by atoms with Crippen molar-refractivity contribution in [2.45, 2.75) is 43.5 Å². The van der Waals surface area contributed by atoms with Gasteiger partial charge in [-0.05, 0) is 30.9 Å². The summed E-state index contributed by atoms with van der Waals surface area (Å²) in [5, 5.41) is 2.82. The Bertz CT molecular complexity index is 665. The molecule has 2 rings (SSSR count). The van der Waals surface area contributed by atoms with Crippen LogP contribution >= 0.6 is 11.3 Å². The van der Waals surface area contributed by atoms with Gasteiger partial charge in [0.1, 0.15) is 4.21 Å². The van der Waals surface area contributed by atoms with Crippen LogP contribution in [0.25, 0.3) is 0 Å². The Hall–Kier alpha value is -1.00. The minimum atomic E-state index is -3.45. The molecule has 1 aromatic rings. The third kappa shape index (κ3) is 5.01. The number of carbonyl (C=O) groups is 1. The van der Waals surface area contributed by atoms with Gasteiger partial charge in [-0.2, -0.15) is 4.31 Å². The zero-order valence-corrected chi connectivity index (χ0v) is 16.4. The second-order valence-electron chi connectivity index (χ2n) is 6.00. The molecule has 1 fully saturated rings. The molecule has 142 valence electrons. The number of nitrogens with zero attached hydrogens (tertiary/aromatic N) is 1. The van der Waals surface area contributed by atoms with Gasteiger partial charge in [0.05, 0.1) is 12.6 Å². The van der Waals surface area contributed by atoms with Crippen LogP contribution in [0.4, 0.5) is 0 Å². The third-order valence-electron chi connectivity index (χ3n) is 4.45. The van der Waals surface area contributed by atoms with E-state index in [4.69, 9.17) is 10.5 Å². The lowest BCUT2D eigenvalue weighted by Gasteiger charge is -2.26.